The van der Waals surface area contributed by atoms with E-state index in [0.29, 0.717) is 31.7 Å². The van der Waals surface area contributed by atoms with Gasteiger partial charge in [0.05, 0.1) is 5.41 Å². The second-order valence-electron chi connectivity index (χ2n) is 6.26. The topological polar surface area (TPSA) is 57.6 Å². The summed E-state index contributed by atoms with van der Waals surface area (Å²) in [6, 6.07) is 0. The van der Waals surface area contributed by atoms with Gasteiger partial charge in [-0.25, -0.2) is 0 Å². The summed E-state index contributed by atoms with van der Waals surface area (Å²) in [5.41, 5.74) is -0.692. The van der Waals surface area contributed by atoms with Crippen LogP contribution in [0.3, 0.4) is 0 Å². The van der Waals surface area contributed by atoms with Gasteiger partial charge in [0.15, 0.2) is 0 Å². The first kappa shape index (κ1) is 14.4. The number of rotatable bonds is 5. The maximum absolute atomic E-state index is 12.2. The molecule has 0 aromatic heterocycles. The number of carbonyl (C=O) groups excluding carboxylic acids is 1. The van der Waals surface area contributed by atoms with Crippen LogP contribution in [0.25, 0.3) is 0 Å². The van der Waals surface area contributed by atoms with E-state index in [-0.39, 0.29) is 5.91 Å². The number of amides is 1. The number of carboxylic acids is 1. The van der Waals surface area contributed by atoms with Gasteiger partial charge in [-0.3, -0.25) is 9.59 Å². The molecule has 2 fully saturated rings. The van der Waals surface area contributed by atoms with E-state index in [9.17, 15) is 14.7 Å². The molecule has 1 saturated heterocycles. The SMILES string of the molecule is CCCC1(C(=O)O)CCCN(C(=O)CC2CCC2)C1. The van der Waals surface area contributed by atoms with Crippen LogP contribution in [0.4, 0.5) is 0 Å². The molecule has 1 unspecified atom stereocenters. The van der Waals surface area contributed by atoms with Crippen molar-refractivity contribution in [2.75, 3.05) is 13.1 Å². The summed E-state index contributed by atoms with van der Waals surface area (Å²) in [4.78, 5) is 25.6. The fourth-order valence-corrected chi connectivity index (χ4v) is 3.38. The van der Waals surface area contributed by atoms with Crippen LogP contribution in [0.15, 0.2) is 0 Å². The summed E-state index contributed by atoms with van der Waals surface area (Å²) in [5.74, 6) is 0.00134. The molecule has 1 amide bonds. The van der Waals surface area contributed by atoms with Crippen molar-refractivity contribution < 1.29 is 14.7 Å². The Morgan fingerprint density at radius 3 is 2.58 bits per heavy atom. The first-order valence-corrected chi connectivity index (χ1v) is 7.58. The largest absolute Gasteiger partial charge is 0.481 e. The molecule has 4 nitrogen and oxygen atoms in total. The Morgan fingerprint density at radius 1 is 1.32 bits per heavy atom. The van der Waals surface area contributed by atoms with Gasteiger partial charge in [-0.1, -0.05) is 19.8 Å². The van der Waals surface area contributed by atoms with Crippen molar-refractivity contribution in [2.24, 2.45) is 11.3 Å². The first-order valence-electron chi connectivity index (χ1n) is 7.58. The predicted octanol–water partition coefficient (Wildman–Crippen LogP) is 2.67. The molecule has 1 aliphatic carbocycles. The number of hydrogen-bond donors (Lipinski definition) is 1. The van der Waals surface area contributed by atoms with Crippen molar-refractivity contribution in [2.45, 2.75) is 58.3 Å². The number of carbonyl (C=O) groups is 2. The molecule has 4 heteroatoms. The summed E-state index contributed by atoms with van der Waals surface area (Å²) in [6.07, 6.45) is 7.27. The Bertz CT molecular complexity index is 347. The Kier molecular flexibility index (Phi) is 4.48. The van der Waals surface area contributed by atoms with Gasteiger partial charge < -0.3 is 10.0 Å². The third-order valence-corrected chi connectivity index (χ3v) is 4.80. The maximum Gasteiger partial charge on any atom is 0.311 e. The standard InChI is InChI=1S/C15H25NO3/c1-2-7-15(14(18)19)8-4-9-16(11-15)13(17)10-12-5-3-6-12/h12H,2-11H2,1H3,(H,18,19). The summed E-state index contributed by atoms with van der Waals surface area (Å²) in [6.45, 7) is 3.17. The number of hydrogen-bond acceptors (Lipinski definition) is 2. The van der Waals surface area contributed by atoms with Crippen molar-refractivity contribution >= 4 is 11.9 Å². The lowest BCUT2D eigenvalue weighted by atomic mass is 9.76. The van der Waals surface area contributed by atoms with Crippen molar-refractivity contribution in [3.63, 3.8) is 0 Å². The lowest BCUT2D eigenvalue weighted by Gasteiger charge is -2.40. The molecule has 1 saturated carbocycles. The molecule has 2 rings (SSSR count). The van der Waals surface area contributed by atoms with E-state index < -0.39 is 11.4 Å². The summed E-state index contributed by atoms with van der Waals surface area (Å²) < 4.78 is 0. The Labute approximate surface area is 115 Å². The Hall–Kier alpha value is -1.06. The average molecular weight is 267 g/mol. The predicted molar refractivity (Wildman–Crippen MR) is 72.7 cm³/mol. The Balaban J connectivity index is 1.97. The van der Waals surface area contributed by atoms with Gasteiger partial charge in [0.2, 0.25) is 5.91 Å². The van der Waals surface area contributed by atoms with Crippen LogP contribution in [0.1, 0.15) is 58.3 Å². The van der Waals surface area contributed by atoms with Gasteiger partial charge in [0.25, 0.3) is 0 Å². The van der Waals surface area contributed by atoms with Gasteiger partial charge in [-0.2, -0.15) is 0 Å². The van der Waals surface area contributed by atoms with Crippen LogP contribution in [-0.2, 0) is 9.59 Å². The van der Waals surface area contributed by atoms with E-state index in [1.54, 1.807) is 0 Å². The zero-order valence-corrected chi connectivity index (χ0v) is 11.9. The molecule has 0 bridgehead atoms. The van der Waals surface area contributed by atoms with Crippen LogP contribution >= 0.6 is 0 Å². The van der Waals surface area contributed by atoms with Gasteiger partial charge in [-0.15, -0.1) is 0 Å². The number of aliphatic carboxylic acids is 1. The fourth-order valence-electron chi connectivity index (χ4n) is 3.38. The number of likely N-dealkylation sites (tertiary alicyclic amines) is 1. The van der Waals surface area contributed by atoms with Crippen LogP contribution in [0.5, 0.6) is 0 Å². The first-order chi connectivity index (χ1) is 9.07. The zero-order chi connectivity index (χ0) is 13.9. The minimum atomic E-state index is -0.726. The minimum Gasteiger partial charge on any atom is -0.481 e. The van der Waals surface area contributed by atoms with Crippen LogP contribution in [-0.4, -0.2) is 35.0 Å². The summed E-state index contributed by atoms with van der Waals surface area (Å²) in [5, 5.41) is 9.52. The second kappa shape index (κ2) is 5.93. The molecule has 0 aromatic carbocycles. The average Bonchev–Trinajstić information content (AvgIpc) is 2.34. The molecule has 1 N–H and O–H groups in total. The maximum atomic E-state index is 12.2. The normalized spacial score (nSPS) is 27.9. The van der Waals surface area contributed by atoms with Crippen molar-refractivity contribution in [1.29, 1.82) is 0 Å². The van der Waals surface area contributed by atoms with Crippen LogP contribution in [0, 0.1) is 11.3 Å². The van der Waals surface area contributed by atoms with Gasteiger partial charge in [0, 0.05) is 19.5 Å². The molecule has 0 spiro atoms. The van der Waals surface area contributed by atoms with Crippen LogP contribution < -0.4 is 0 Å². The highest BCUT2D eigenvalue weighted by Crippen LogP contribution is 2.36. The van der Waals surface area contributed by atoms with E-state index in [0.717, 1.165) is 19.4 Å². The van der Waals surface area contributed by atoms with E-state index in [1.165, 1.54) is 19.3 Å². The van der Waals surface area contributed by atoms with E-state index in [4.69, 9.17) is 0 Å². The molecule has 0 radical (unpaired) electrons. The van der Waals surface area contributed by atoms with Crippen LogP contribution in [0.2, 0.25) is 0 Å². The molecule has 1 aliphatic heterocycles. The molecule has 1 atom stereocenters. The van der Waals surface area contributed by atoms with Crippen molar-refractivity contribution in [1.82, 2.24) is 4.90 Å². The molecule has 1 heterocycles. The highest BCUT2D eigenvalue weighted by molar-refractivity contribution is 5.80. The zero-order valence-electron chi connectivity index (χ0n) is 11.9. The molecular weight excluding hydrogens is 242 g/mol. The van der Waals surface area contributed by atoms with Crippen molar-refractivity contribution in [3.05, 3.63) is 0 Å². The highest BCUT2D eigenvalue weighted by atomic mass is 16.4. The molecule has 108 valence electrons. The molecule has 2 aliphatic rings. The molecule has 0 aromatic rings. The highest BCUT2D eigenvalue weighted by Gasteiger charge is 2.43. The van der Waals surface area contributed by atoms with E-state index >= 15 is 0 Å². The monoisotopic (exact) mass is 267 g/mol. The Morgan fingerprint density at radius 2 is 2.05 bits per heavy atom. The van der Waals surface area contributed by atoms with Gasteiger partial charge in [-0.05, 0) is 38.0 Å². The third kappa shape index (κ3) is 3.10. The van der Waals surface area contributed by atoms with E-state index in [2.05, 4.69) is 0 Å². The summed E-state index contributed by atoms with van der Waals surface area (Å²) >= 11 is 0. The summed E-state index contributed by atoms with van der Waals surface area (Å²) in [7, 11) is 0. The third-order valence-electron chi connectivity index (χ3n) is 4.80. The number of piperidine rings is 1. The lowest BCUT2D eigenvalue weighted by molar-refractivity contribution is -0.155. The second-order valence-corrected chi connectivity index (χ2v) is 6.26. The smallest absolute Gasteiger partial charge is 0.311 e. The lowest BCUT2D eigenvalue weighted by Crippen LogP contribution is -2.50. The molecular formula is C15H25NO3. The minimum absolute atomic E-state index is 0.172. The quantitative estimate of drug-likeness (QED) is 0.833. The number of nitrogens with zero attached hydrogens (tertiary/aromatic N) is 1. The van der Waals surface area contributed by atoms with Crippen molar-refractivity contribution in [3.8, 4) is 0 Å². The number of carboxylic acid groups (broad SMARTS) is 1. The van der Waals surface area contributed by atoms with Gasteiger partial charge >= 0.3 is 5.97 Å². The fraction of sp³-hybridized carbons (Fsp3) is 0.867. The molecule has 19 heavy (non-hydrogen) atoms. The van der Waals surface area contributed by atoms with Gasteiger partial charge in [0.1, 0.15) is 0 Å². The van der Waals surface area contributed by atoms with E-state index in [1.807, 2.05) is 11.8 Å².